The molecule has 1 aliphatic rings. The molecule has 142 valence electrons. The third-order valence-electron chi connectivity index (χ3n) is 4.68. The predicted molar refractivity (Wildman–Crippen MR) is 111 cm³/mol. The standard InChI is InChI=1S/C22H26N2O2S/c25-20(23-14-8-16-24-15-7-13-21(24)26)17-27-22(18-9-3-1-4-10-18)19-11-5-2-6-12-19/h1-6,9-12,22H,7-8,13-17H2,(H,23,25). The minimum atomic E-state index is 0.0459. The molecule has 0 radical (unpaired) electrons. The topological polar surface area (TPSA) is 49.4 Å². The molecule has 0 unspecified atom stereocenters. The average molecular weight is 383 g/mol. The van der Waals surface area contributed by atoms with Gasteiger partial charge >= 0.3 is 0 Å². The van der Waals surface area contributed by atoms with Gasteiger partial charge in [-0.1, -0.05) is 60.7 Å². The van der Waals surface area contributed by atoms with E-state index in [9.17, 15) is 9.59 Å². The number of amides is 2. The molecule has 4 nitrogen and oxygen atoms in total. The van der Waals surface area contributed by atoms with Crippen LogP contribution in [-0.4, -0.2) is 42.1 Å². The van der Waals surface area contributed by atoms with Crippen molar-refractivity contribution in [1.29, 1.82) is 0 Å². The molecule has 0 spiro atoms. The molecule has 2 aromatic carbocycles. The number of rotatable bonds is 9. The maximum atomic E-state index is 12.3. The van der Waals surface area contributed by atoms with Crippen molar-refractivity contribution in [3.8, 4) is 0 Å². The van der Waals surface area contributed by atoms with Crippen LogP contribution in [-0.2, 0) is 9.59 Å². The molecule has 2 amide bonds. The van der Waals surface area contributed by atoms with Crippen LogP contribution in [0.2, 0.25) is 0 Å². The molecule has 5 heteroatoms. The van der Waals surface area contributed by atoms with Crippen LogP contribution >= 0.6 is 11.8 Å². The lowest BCUT2D eigenvalue weighted by Gasteiger charge is -2.18. The smallest absolute Gasteiger partial charge is 0.230 e. The van der Waals surface area contributed by atoms with Gasteiger partial charge in [-0.05, 0) is 24.0 Å². The zero-order chi connectivity index (χ0) is 18.9. The fourth-order valence-corrected chi connectivity index (χ4v) is 4.41. The summed E-state index contributed by atoms with van der Waals surface area (Å²) in [5, 5.41) is 3.12. The van der Waals surface area contributed by atoms with Gasteiger partial charge < -0.3 is 10.2 Å². The highest BCUT2D eigenvalue weighted by Crippen LogP contribution is 2.35. The van der Waals surface area contributed by atoms with Crippen molar-refractivity contribution in [3.63, 3.8) is 0 Å². The highest BCUT2D eigenvalue weighted by atomic mass is 32.2. The van der Waals surface area contributed by atoms with Crippen molar-refractivity contribution in [1.82, 2.24) is 10.2 Å². The van der Waals surface area contributed by atoms with Gasteiger partial charge in [0.05, 0.1) is 11.0 Å². The first-order chi connectivity index (χ1) is 13.2. The Kier molecular flexibility index (Phi) is 7.34. The van der Waals surface area contributed by atoms with Gasteiger partial charge in [-0.3, -0.25) is 9.59 Å². The largest absolute Gasteiger partial charge is 0.355 e. The molecule has 0 saturated carbocycles. The first-order valence-corrected chi connectivity index (χ1v) is 10.5. The summed E-state index contributed by atoms with van der Waals surface area (Å²) in [7, 11) is 0. The number of thioether (sulfide) groups is 1. The van der Waals surface area contributed by atoms with Gasteiger partial charge in [0.1, 0.15) is 0 Å². The summed E-state index contributed by atoms with van der Waals surface area (Å²) >= 11 is 1.64. The molecule has 0 aliphatic carbocycles. The van der Waals surface area contributed by atoms with E-state index in [4.69, 9.17) is 0 Å². The quantitative estimate of drug-likeness (QED) is 0.674. The highest BCUT2D eigenvalue weighted by molar-refractivity contribution is 8.00. The van der Waals surface area contributed by atoms with E-state index in [1.807, 2.05) is 41.3 Å². The fourth-order valence-electron chi connectivity index (χ4n) is 3.29. The number of carbonyl (C=O) groups is 2. The highest BCUT2D eigenvalue weighted by Gasteiger charge is 2.19. The van der Waals surface area contributed by atoms with Gasteiger partial charge in [-0.25, -0.2) is 0 Å². The Hall–Kier alpha value is -2.27. The number of likely N-dealkylation sites (tertiary alicyclic amines) is 1. The van der Waals surface area contributed by atoms with E-state index >= 15 is 0 Å². The molecule has 1 aliphatic heterocycles. The zero-order valence-electron chi connectivity index (χ0n) is 15.5. The summed E-state index contributed by atoms with van der Waals surface area (Å²) in [4.78, 5) is 25.7. The van der Waals surface area contributed by atoms with Gasteiger partial charge in [0, 0.05) is 26.1 Å². The molecular weight excluding hydrogens is 356 g/mol. The second-order valence-electron chi connectivity index (χ2n) is 6.70. The molecule has 0 bridgehead atoms. The monoisotopic (exact) mass is 382 g/mol. The summed E-state index contributed by atoms with van der Waals surface area (Å²) in [6, 6.07) is 20.6. The van der Waals surface area contributed by atoms with Crippen molar-refractivity contribution in [3.05, 3.63) is 71.8 Å². The van der Waals surface area contributed by atoms with E-state index in [0.717, 1.165) is 25.9 Å². The van der Waals surface area contributed by atoms with Crippen molar-refractivity contribution in [2.45, 2.75) is 24.5 Å². The number of carbonyl (C=O) groups excluding carboxylic acids is 2. The van der Waals surface area contributed by atoms with Crippen molar-refractivity contribution >= 4 is 23.6 Å². The number of hydrogen-bond donors (Lipinski definition) is 1. The number of nitrogens with zero attached hydrogens (tertiary/aromatic N) is 1. The van der Waals surface area contributed by atoms with E-state index in [1.54, 1.807) is 11.8 Å². The minimum absolute atomic E-state index is 0.0459. The van der Waals surface area contributed by atoms with Gasteiger partial charge in [0.15, 0.2) is 0 Å². The summed E-state index contributed by atoms with van der Waals surface area (Å²) in [5.74, 6) is 0.701. The second-order valence-corrected chi connectivity index (χ2v) is 7.79. The van der Waals surface area contributed by atoms with Crippen LogP contribution in [0.4, 0.5) is 0 Å². The fraction of sp³-hybridized carbons (Fsp3) is 0.364. The van der Waals surface area contributed by atoms with Crippen molar-refractivity contribution in [2.24, 2.45) is 0 Å². The maximum Gasteiger partial charge on any atom is 0.230 e. The molecule has 1 saturated heterocycles. The molecule has 0 aromatic heterocycles. The Morgan fingerprint density at radius 3 is 2.22 bits per heavy atom. The SMILES string of the molecule is O=C(CSC(c1ccccc1)c1ccccc1)NCCCN1CCCC1=O. The average Bonchev–Trinajstić information content (AvgIpc) is 3.12. The van der Waals surface area contributed by atoms with Gasteiger partial charge in [0.2, 0.25) is 11.8 Å². The van der Waals surface area contributed by atoms with Gasteiger partial charge in [-0.2, -0.15) is 0 Å². The van der Waals surface area contributed by atoms with Crippen LogP contribution in [0, 0.1) is 0 Å². The Morgan fingerprint density at radius 2 is 1.67 bits per heavy atom. The Balaban J connectivity index is 1.47. The van der Waals surface area contributed by atoms with Crippen molar-refractivity contribution in [2.75, 3.05) is 25.4 Å². The number of benzene rings is 2. The molecule has 1 heterocycles. The van der Waals surface area contributed by atoms with Gasteiger partial charge in [0.25, 0.3) is 0 Å². The van der Waals surface area contributed by atoms with Crippen LogP contribution in [0.15, 0.2) is 60.7 Å². The first-order valence-electron chi connectivity index (χ1n) is 9.50. The Bertz CT molecular complexity index is 697. The molecule has 1 fully saturated rings. The normalized spacial score (nSPS) is 14.0. The molecule has 3 rings (SSSR count). The summed E-state index contributed by atoms with van der Waals surface area (Å²) in [5.41, 5.74) is 2.41. The molecule has 2 aromatic rings. The van der Waals surface area contributed by atoms with E-state index in [1.165, 1.54) is 11.1 Å². The number of hydrogen-bond acceptors (Lipinski definition) is 3. The lowest BCUT2D eigenvalue weighted by molar-refractivity contribution is -0.127. The summed E-state index contributed by atoms with van der Waals surface area (Å²) in [6.07, 6.45) is 2.44. The lowest BCUT2D eigenvalue weighted by Crippen LogP contribution is -2.31. The zero-order valence-corrected chi connectivity index (χ0v) is 16.3. The molecular formula is C22H26N2O2S. The van der Waals surface area contributed by atoms with E-state index in [-0.39, 0.29) is 17.1 Å². The van der Waals surface area contributed by atoms with Crippen LogP contribution in [0.1, 0.15) is 35.6 Å². The number of nitrogens with one attached hydrogen (secondary N) is 1. The first kappa shape index (κ1) is 19.5. The lowest BCUT2D eigenvalue weighted by atomic mass is 10.0. The third kappa shape index (κ3) is 5.86. The van der Waals surface area contributed by atoms with Crippen LogP contribution in [0.5, 0.6) is 0 Å². The van der Waals surface area contributed by atoms with Crippen LogP contribution in [0.3, 0.4) is 0 Å². The van der Waals surface area contributed by atoms with Crippen LogP contribution in [0.25, 0.3) is 0 Å². The van der Waals surface area contributed by atoms with Gasteiger partial charge in [-0.15, -0.1) is 11.8 Å². The minimum Gasteiger partial charge on any atom is -0.355 e. The van der Waals surface area contributed by atoms with Crippen LogP contribution < -0.4 is 5.32 Å². The molecule has 1 N–H and O–H groups in total. The third-order valence-corrected chi connectivity index (χ3v) is 5.99. The van der Waals surface area contributed by atoms with E-state index in [2.05, 4.69) is 29.6 Å². The summed E-state index contributed by atoms with van der Waals surface area (Å²) in [6.45, 7) is 2.21. The Labute approximate surface area is 165 Å². The molecule has 0 atom stereocenters. The van der Waals surface area contributed by atoms with E-state index in [0.29, 0.717) is 18.7 Å². The summed E-state index contributed by atoms with van der Waals surface area (Å²) < 4.78 is 0. The predicted octanol–water partition coefficient (Wildman–Crippen LogP) is 3.64. The van der Waals surface area contributed by atoms with Crippen molar-refractivity contribution < 1.29 is 9.59 Å². The maximum absolute atomic E-state index is 12.3. The second kappa shape index (κ2) is 10.2. The Morgan fingerprint density at radius 1 is 1.04 bits per heavy atom. The van der Waals surface area contributed by atoms with E-state index < -0.39 is 0 Å². The molecule has 27 heavy (non-hydrogen) atoms.